The predicted molar refractivity (Wildman–Crippen MR) is 70.4 cm³/mol. The number of nitrogens with one attached hydrogen (secondary N) is 1. The number of nitrogens with zero attached hydrogens (tertiary/aromatic N) is 1. The molecule has 4 nitrogen and oxygen atoms in total. The van der Waals surface area contributed by atoms with E-state index in [0.29, 0.717) is 19.8 Å². The van der Waals surface area contributed by atoms with Crippen LogP contribution in [0, 0.1) is 11.3 Å². The van der Waals surface area contributed by atoms with E-state index in [4.69, 9.17) is 9.47 Å². The van der Waals surface area contributed by atoms with Crippen molar-refractivity contribution in [3.05, 3.63) is 35.4 Å². The minimum Gasteiger partial charge on any atom is -0.377 e. The van der Waals surface area contributed by atoms with Gasteiger partial charge in [-0.2, -0.15) is 5.26 Å². The highest BCUT2D eigenvalue weighted by Crippen LogP contribution is 2.30. The number of nitriles is 1. The van der Waals surface area contributed by atoms with Crippen LogP contribution in [0.1, 0.15) is 24.0 Å². The van der Waals surface area contributed by atoms with Crippen LogP contribution in [0.4, 0.5) is 0 Å². The van der Waals surface area contributed by atoms with Crippen molar-refractivity contribution in [2.24, 2.45) is 0 Å². The van der Waals surface area contributed by atoms with Gasteiger partial charge in [0, 0.05) is 13.2 Å². The average molecular weight is 258 g/mol. The number of hydrogen-bond donors (Lipinski definition) is 1. The van der Waals surface area contributed by atoms with Crippen LogP contribution in [0.2, 0.25) is 0 Å². The summed E-state index contributed by atoms with van der Waals surface area (Å²) in [6, 6.07) is 10.4. The van der Waals surface area contributed by atoms with Crippen molar-refractivity contribution < 1.29 is 9.47 Å². The summed E-state index contributed by atoms with van der Waals surface area (Å²) in [5, 5.41) is 13.0. The zero-order chi connectivity index (χ0) is 13.1. The van der Waals surface area contributed by atoms with Gasteiger partial charge in [0.1, 0.15) is 0 Å². The summed E-state index contributed by atoms with van der Waals surface area (Å²) in [6.07, 6.45) is 2.40. The molecule has 2 aliphatic heterocycles. The first-order valence-corrected chi connectivity index (χ1v) is 6.78. The Morgan fingerprint density at radius 2 is 2.32 bits per heavy atom. The molecule has 4 heteroatoms. The number of hydrogen-bond acceptors (Lipinski definition) is 4. The maximum atomic E-state index is 9.63. The number of ether oxygens (including phenoxy) is 2. The van der Waals surface area contributed by atoms with Crippen LogP contribution < -0.4 is 5.32 Å². The Bertz CT molecular complexity index is 491. The highest BCUT2D eigenvalue weighted by molar-refractivity contribution is 5.40. The smallest absolute Gasteiger partial charge is 0.156 e. The topological polar surface area (TPSA) is 54.3 Å². The third-order valence-electron chi connectivity index (χ3n) is 3.90. The fraction of sp³-hybridized carbons (Fsp3) is 0.533. The van der Waals surface area contributed by atoms with E-state index in [0.717, 1.165) is 30.6 Å². The Labute approximate surface area is 113 Å². The molecule has 0 saturated carbocycles. The van der Waals surface area contributed by atoms with Gasteiger partial charge in [0.2, 0.25) is 0 Å². The Kier molecular flexibility index (Phi) is 3.52. The lowest BCUT2D eigenvalue weighted by Gasteiger charge is -2.34. The first kappa shape index (κ1) is 12.6. The summed E-state index contributed by atoms with van der Waals surface area (Å²) >= 11 is 0. The minimum atomic E-state index is -0.735. The van der Waals surface area contributed by atoms with E-state index >= 15 is 0 Å². The Morgan fingerprint density at radius 3 is 3.11 bits per heavy atom. The first-order chi connectivity index (χ1) is 9.34. The molecule has 0 aliphatic carbocycles. The number of fused-ring (bicyclic) bond motifs is 1. The molecule has 0 bridgehead atoms. The Morgan fingerprint density at radius 1 is 1.42 bits per heavy atom. The minimum absolute atomic E-state index is 0.222. The molecule has 0 radical (unpaired) electrons. The second-order valence-corrected chi connectivity index (χ2v) is 5.18. The second kappa shape index (κ2) is 5.30. The molecule has 2 heterocycles. The molecular formula is C15H18N2O2. The summed E-state index contributed by atoms with van der Waals surface area (Å²) in [6.45, 7) is 2.51. The molecule has 19 heavy (non-hydrogen) atoms. The van der Waals surface area contributed by atoms with Crippen molar-refractivity contribution in [1.29, 1.82) is 5.26 Å². The summed E-state index contributed by atoms with van der Waals surface area (Å²) in [5.41, 5.74) is 1.40. The van der Waals surface area contributed by atoms with E-state index < -0.39 is 5.54 Å². The third kappa shape index (κ3) is 2.37. The Balaban J connectivity index is 1.81. The van der Waals surface area contributed by atoms with Crippen molar-refractivity contribution >= 4 is 0 Å². The van der Waals surface area contributed by atoms with E-state index in [1.54, 1.807) is 0 Å². The lowest BCUT2D eigenvalue weighted by atomic mass is 9.86. The van der Waals surface area contributed by atoms with E-state index in [1.165, 1.54) is 0 Å². The van der Waals surface area contributed by atoms with Crippen LogP contribution in [0.5, 0.6) is 0 Å². The van der Waals surface area contributed by atoms with Crippen LogP contribution in [0.15, 0.2) is 24.3 Å². The molecule has 1 aromatic carbocycles. The van der Waals surface area contributed by atoms with Gasteiger partial charge in [-0.15, -0.1) is 0 Å². The standard InChI is InChI=1S/C15H18N2O2/c16-10-15(17-8-13-5-3-7-19-13)11-18-9-12-4-1-2-6-14(12)15/h1-2,4,6,13,17H,3,5,7-9,11H2. The largest absolute Gasteiger partial charge is 0.377 e. The van der Waals surface area contributed by atoms with Crippen LogP contribution in [-0.2, 0) is 21.6 Å². The fourth-order valence-corrected chi connectivity index (χ4v) is 2.83. The molecule has 100 valence electrons. The van der Waals surface area contributed by atoms with Crippen molar-refractivity contribution in [2.75, 3.05) is 19.8 Å². The quantitative estimate of drug-likeness (QED) is 0.896. The van der Waals surface area contributed by atoms with Crippen LogP contribution in [-0.4, -0.2) is 25.9 Å². The highest BCUT2D eigenvalue weighted by atomic mass is 16.5. The van der Waals surface area contributed by atoms with Crippen LogP contribution >= 0.6 is 0 Å². The van der Waals surface area contributed by atoms with Crippen molar-refractivity contribution in [2.45, 2.75) is 31.1 Å². The zero-order valence-corrected chi connectivity index (χ0v) is 10.9. The molecule has 1 aromatic rings. The predicted octanol–water partition coefficient (Wildman–Crippen LogP) is 1.70. The highest BCUT2D eigenvalue weighted by Gasteiger charge is 2.38. The lowest BCUT2D eigenvalue weighted by Crippen LogP contribution is -2.50. The van der Waals surface area contributed by atoms with E-state index in [-0.39, 0.29) is 6.10 Å². The maximum Gasteiger partial charge on any atom is 0.156 e. The molecule has 1 N–H and O–H groups in total. The van der Waals surface area contributed by atoms with E-state index in [2.05, 4.69) is 11.4 Å². The van der Waals surface area contributed by atoms with Crippen molar-refractivity contribution in [3.63, 3.8) is 0 Å². The summed E-state index contributed by atoms with van der Waals surface area (Å²) < 4.78 is 11.2. The molecule has 1 fully saturated rings. The molecule has 2 unspecified atom stereocenters. The molecular weight excluding hydrogens is 240 g/mol. The zero-order valence-electron chi connectivity index (χ0n) is 10.9. The molecule has 2 atom stereocenters. The Hall–Kier alpha value is -1.41. The maximum absolute atomic E-state index is 9.63. The fourth-order valence-electron chi connectivity index (χ4n) is 2.83. The van der Waals surface area contributed by atoms with Gasteiger partial charge in [0.25, 0.3) is 0 Å². The number of benzene rings is 1. The summed E-state index contributed by atoms with van der Waals surface area (Å²) in [7, 11) is 0. The molecule has 0 amide bonds. The van der Waals surface area contributed by atoms with E-state index in [1.807, 2.05) is 24.3 Å². The van der Waals surface area contributed by atoms with Gasteiger partial charge in [-0.05, 0) is 24.0 Å². The number of rotatable bonds is 3. The molecule has 0 aromatic heterocycles. The third-order valence-corrected chi connectivity index (χ3v) is 3.90. The van der Waals surface area contributed by atoms with Crippen LogP contribution in [0.3, 0.4) is 0 Å². The first-order valence-electron chi connectivity index (χ1n) is 6.78. The van der Waals surface area contributed by atoms with Gasteiger partial charge in [-0.3, -0.25) is 5.32 Å². The van der Waals surface area contributed by atoms with Gasteiger partial charge in [0.05, 0.1) is 25.4 Å². The van der Waals surface area contributed by atoms with Gasteiger partial charge in [-0.1, -0.05) is 24.3 Å². The molecule has 0 spiro atoms. The normalized spacial score (nSPS) is 29.7. The van der Waals surface area contributed by atoms with Gasteiger partial charge in [0.15, 0.2) is 5.54 Å². The van der Waals surface area contributed by atoms with Crippen molar-refractivity contribution in [3.8, 4) is 6.07 Å². The summed E-state index contributed by atoms with van der Waals surface area (Å²) in [5.74, 6) is 0. The monoisotopic (exact) mass is 258 g/mol. The van der Waals surface area contributed by atoms with E-state index in [9.17, 15) is 5.26 Å². The average Bonchev–Trinajstić information content (AvgIpc) is 2.98. The molecule has 1 saturated heterocycles. The molecule has 2 aliphatic rings. The molecule has 3 rings (SSSR count). The van der Waals surface area contributed by atoms with Gasteiger partial charge >= 0.3 is 0 Å². The van der Waals surface area contributed by atoms with Crippen molar-refractivity contribution in [1.82, 2.24) is 5.32 Å². The SMILES string of the molecule is N#CC1(NCC2CCCO2)COCc2ccccc21. The second-order valence-electron chi connectivity index (χ2n) is 5.18. The van der Waals surface area contributed by atoms with Gasteiger partial charge in [-0.25, -0.2) is 0 Å². The van der Waals surface area contributed by atoms with Gasteiger partial charge < -0.3 is 9.47 Å². The lowest BCUT2D eigenvalue weighted by molar-refractivity contribution is 0.0466. The van der Waals surface area contributed by atoms with Crippen LogP contribution in [0.25, 0.3) is 0 Å². The summed E-state index contributed by atoms with van der Waals surface area (Å²) in [4.78, 5) is 0.